The molecule has 0 N–H and O–H groups in total. The van der Waals surface area contributed by atoms with Crippen LogP contribution in [-0.2, 0) is 9.78 Å². The molecule has 0 aliphatic rings. The van der Waals surface area contributed by atoms with Gasteiger partial charge in [-0.1, -0.05) is 31.5 Å². The van der Waals surface area contributed by atoms with Gasteiger partial charge in [-0.05, 0) is 25.2 Å². The predicted octanol–water partition coefficient (Wildman–Crippen LogP) is 3.37. The second kappa shape index (κ2) is 8.54. The highest BCUT2D eigenvalue weighted by Gasteiger charge is 2.12. The van der Waals surface area contributed by atoms with Gasteiger partial charge in [-0.15, -0.1) is 0 Å². The van der Waals surface area contributed by atoms with Crippen molar-refractivity contribution < 1.29 is 9.78 Å². The maximum Gasteiger partial charge on any atom is 0.0855 e. The molecule has 0 radical (unpaired) electrons. The summed E-state index contributed by atoms with van der Waals surface area (Å²) < 4.78 is 0. The summed E-state index contributed by atoms with van der Waals surface area (Å²) >= 11 is 5.46. The molecule has 1 atom stereocenters. The van der Waals surface area contributed by atoms with Crippen molar-refractivity contribution >= 4 is 11.6 Å². The third-order valence-corrected chi connectivity index (χ3v) is 2.13. The largest absolute Gasteiger partial charge is 0.237 e. The predicted molar refractivity (Wildman–Crippen MR) is 55.5 cm³/mol. The first-order valence-corrected chi connectivity index (χ1v) is 5.15. The van der Waals surface area contributed by atoms with Gasteiger partial charge < -0.3 is 0 Å². The van der Waals surface area contributed by atoms with E-state index in [1.165, 1.54) is 0 Å². The lowest BCUT2D eigenvalue weighted by Gasteiger charge is -2.17. The Hall–Kier alpha value is -0.0500. The second-order valence-corrected chi connectivity index (χ2v) is 3.54. The van der Waals surface area contributed by atoms with Crippen LogP contribution in [0.15, 0.2) is 11.6 Å². The average Bonchev–Trinajstić information content (AvgIpc) is 2.10. The first kappa shape index (κ1) is 12.9. The molecule has 0 aromatic rings. The fourth-order valence-electron chi connectivity index (χ4n) is 0.978. The Morgan fingerprint density at radius 1 is 1.31 bits per heavy atom. The van der Waals surface area contributed by atoms with Crippen molar-refractivity contribution in [2.24, 2.45) is 11.8 Å². The number of hydrogen-bond acceptors (Lipinski definition) is 2. The van der Waals surface area contributed by atoms with Crippen molar-refractivity contribution in [2.75, 3.05) is 13.2 Å². The zero-order valence-electron chi connectivity index (χ0n) is 8.63. The molecule has 0 heterocycles. The summed E-state index contributed by atoms with van der Waals surface area (Å²) in [6.07, 6.45) is 2.88. The zero-order valence-corrected chi connectivity index (χ0v) is 9.38. The van der Waals surface area contributed by atoms with E-state index >= 15 is 0 Å². The molecule has 3 heteroatoms. The van der Waals surface area contributed by atoms with Gasteiger partial charge in [0, 0.05) is 5.54 Å². The third-order valence-electron chi connectivity index (χ3n) is 1.95. The molecule has 0 spiro atoms. The monoisotopic (exact) mass is 206 g/mol. The molecular formula is C10H19ClO2. The van der Waals surface area contributed by atoms with Gasteiger partial charge in [0.2, 0.25) is 0 Å². The highest BCUT2D eigenvalue weighted by atomic mass is 35.5. The summed E-state index contributed by atoms with van der Waals surface area (Å²) in [6.45, 7) is 7.47. The Labute approximate surface area is 85.8 Å². The molecule has 0 amide bonds. The maximum absolute atomic E-state index is 5.46. The standard InChI is InChI=1S/C10H19ClO2/c1-4-12-13-8-10(9(2)3)6-5-7-11/h5,7,9-10H,4,6,8H2,1-3H3/t10-/m1/s1. The van der Waals surface area contributed by atoms with E-state index in [-0.39, 0.29) is 0 Å². The molecule has 0 aliphatic heterocycles. The van der Waals surface area contributed by atoms with Gasteiger partial charge in [0.1, 0.15) is 0 Å². The molecular weight excluding hydrogens is 188 g/mol. The molecule has 0 rings (SSSR count). The van der Waals surface area contributed by atoms with Crippen molar-refractivity contribution in [3.63, 3.8) is 0 Å². The molecule has 0 saturated carbocycles. The van der Waals surface area contributed by atoms with Crippen LogP contribution < -0.4 is 0 Å². The summed E-state index contributed by atoms with van der Waals surface area (Å²) in [4.78, 5) is 9.86. The van der Waals surface area contributed by atoms with Gasteiger partial charge >= 0.3 is 0 Å². The van der Waals surface area contributed by atoms with Crippen LogP contribution >= 0.6 is 11.6 Å². The summed E-state index contributed by atoms with van der Waals surface area (Å²) in [7, 11) is 0. The van der Waals surface area contributed by atoms with E-state index in [2.05, 4.69) is 13.8 Å². The minimum Gasteiger partial charge on any atom is -0.237 e. The minimum atomic E-state index is 0.474. The van der Waals surface area contributed by atoms with Crippen molar-refractivity contribution in [2.45, 2.75) is 27.2 Å². The van der Waals surface area contributed by atoms with Crippen LogP contribution in [0.2, 0.25) is 0 Å². The van der Waals surface area contributed by atoms with Crippen LogP contribution in [0.5, 0.6) is 0 Å². The lowest BCUT2D eigenvalue weighted by molar-refractivity contribution is -0.299. The molecule has 0 aromatic carbocycles. The van der Waals surface area contributed by atoms with Crippen molar-refractivity contribution in [3.8, 4) is 0 Å². The Kier molecular flexibility index (Phi) is 8.51. The number of hydrogen-bond donors (Lipinski definition) is 0. The summed E-state index contributed by atoms with van der Waals surface area (Å²) in [5, 5.41) is 0. The van der Waals surface area contributed by atoms with Crippen LogP contribution in [0.1, 0.15) is 27.2 Å². The zero-order chi connectivity index (χ0) is 10.1. The van der Waals surface area contributed by atoms with Crippen LogP contribution in [0.4, 0.5) is 0 Å². The van der Waals surface area contributed by atoms with Crippen molar-refractivity contribution in [1.82, 2.24) is 0 Å². The maximum atomic E-state index is 5.46. The first-order chi connectivity index (χ1) is 6.22. The lowest BCUT2D eigenvalue weighted by Crippen LogP contribution is -2.15. The molecule has 2 nitrogen and oxygen atoms in total. The molecule has 0 aliphatic carbocycles. The SMILES string of the molecule is CCOOC[C@@H](CC=CCl)C(C)C. The fourth-order valence-corrected chi connectivity index (χ4v) is 1.08. The van der Waals surface area contributed by atoms with E-state index in [1.807, 2.05) is 13.0 Å². The molecule has 0 unspecified atom stereocenters. The molecule has 0 saturated heterocycles. The van der Waals surface area contributed by atoms with Gasteiger partial charge in [-0.25, -0.2) is 9.78 Å². The van der Waals surface area contributed by atoms with Gasteiger partial charge in [0.05, 0.1) is 13.2 Å². The number of halogens is 1. The van der Waals surface area contributed by atoms with E-state index in [0.717, 1.165) is 6.42 Å². The van der Waals surface area contributed by atoms with E-state index in [1.54, 1.807) is 5.54 Å². The second-order valence-electron chi connectivity index (χ2n) is 3.29. The normalized spacial score (nSPS) is 14.2. The fraction of sp³-hybridized carbons (Fsp3) is 0.800. The Morgan fingerprint density at radius 3 is 2.46 bits per heavy atom. The summed E-state index contributed by atoms with van der Waals surface area (Å²) in [5.41, 5.74) is 1.55. The quantitative estimate of drug-likeness (QED) is 0.361. The van der Waals surface area contributed by atoms with Crippen molar-refractivity contribution in [3.05, 3.63) is 11.6 Å². The first-order valence-electron chi connectivity index (χ1n) is 4.72. The van der Waals surface area contributed by atoms with E-state index in [9.17, 15) is 0 Å². The summed E-state index contributed by atoms with van der Waals surface area (Å²) in [5.74, 6) is 1.05. The average molecular weight is 207 g/mol. The molecule has 0 fully saturated rings. The van der Waals surface area contributed by atoms with E-state index in [0.29, 0.717) is 25.0 Å². The highest BCUT2D eigenvalue weighted by Crippen LogP contribution is 2.16. The lowest BCUT2D eigenvalue weighted by atomic mass is 9.94. The Bertz CT molecular complexity index is 135. The van der Waals surface area contributed by atoms with E-state index in [4.69, 9.17) is 21.4 Å². The van der Waals surface area contributed by atoms with Gasteiger partial charge in [-0.3, -0.25) is 0 Å². The van der Waals surface area contributed by atoms with E-state index < -0.39 is 0 Å². The number of allylic oxidation sites excluding steroid dienone is 1. The Morgan fingerprint density at radius 2 is 2.00 bits per heavy atom. The molecule has 0 bridgehead atoms. The number of rotatable bonds is 7. The molecule has 78 valence electrons. The topological polar surface area (TPSA) is 18.5 Å². The molecule has 13 heavy (non-hydrogen) atoms. The summed E-state index contributed by atoms with van der Waals surface area (Å²) in [6, 6.07) is 0. The smallest absolute Gasteiger partial charge is 0.0855 e. The van der Waals surface area contributed by atoms with Gasteiger partial charge in [0.15, 0.2) is 0 Å². The Balaban J connectivity index is 3.67. The van der Waals surface area contributed by atoms with Crippen LogP contribution in [0, 0.1) is 11.8 Å². The minimum absolute atomic E-state index is 0.474. The van der Waals surface area contributed by atoms with Crippen molar-refractivity contribution in [1.29, 1.82) is 0 Å². The molecule has 0 aromatic heterocycles. The van der Waals surface area contributed by atoms with Crippen LogP contribution in [-0.4, -0.2) is 13.2 Å². The van der Waals surface area contributed by atoms with Crippen LogP contribution in [0.3, 0.4) is 0 Å². The van der Waals surface area contributed by atoms with Crippen LogP contribution in [0.25, 0.3) is 0 Å². The van der Waals surface area contributed by atoms with Gasteiger partial charge in [-0.2, -0.15) is 0 Å². The third kappa shape index (κ3) is 7.05. The highest BCUT2D eigenvalue weighted by molar-refractivity contribution is 6.25. The van der Waals surface area contributed by atoms with Gasteiger partial charge in [0.25, 0.3) is 0 Å².